The molecule has 0 heterocycles. The summed E-state index contributed by atoms with van der Waals surface area (Å²) in [4.78, 5) is 0. The van der Waals surface area contributed by atoms with E-state index >= 15 is 0 Å². The highest BCUT2D eigenvalue weighted by atomic mass is 35.5. The largest absolute Gasteiger partial charge is 0.494 e. The van der Waals surface area contributed by atoms with Crippen LogP contribution in [0.15, 0.2) is 78.9 Å². The van der Waals surface area contributed by atoms with Crippen LogP contribution in [0.1, 0.15) is 11.1 Å². The lowest BCUT2D eigenvalue weighted by Crippen LogP contribution is -2.20. The lowest BCUT2D eigenvalue weighted by molar-refractivity contribution is 0.386. The Bertz CT molecular complexity index is 1200. The molecule has 0 aliphatic heterocycles. The summed E-state index contributed by atoms with van der Waals surface area (Å²) in [6.07, 6.45) is 1.83. The molecular formula is C27H26Cl2FNO. The maximum atomic E-state index is 14.3. The molecule has 0 aromatic heterocycles. The monoisotopic (exact) mass is 469 g/mol. The molecule has 166 valence electrons. The van der Waals surface area contributed by atoms with Gasteiger partial charge in [0.25, 0.3) is 0 Å². The minimum Gasteiger partial charge on any atom is -0.494 e. The van der Waals surface area contributed by atoms with E-state index in [-0.39, 0.29) is 24.0 Å². The van der Waals surface area contributed by atoms with Crippen molar-refractivity contribution in [2.24, 2.45) is 0 Å². The van der Waals surface area contributed by atoms with Gasteiger partial charge in [0.15, 0.2) is 11.6 Å². The molecule has 32 heavy (non-hydrogen) atoms. The van der Waals surface area contributed by atoms with Gasteiger partial charge in [-0.1, -0.05) is 66.2 Å². The summed E-state index contributed by atoms with van der Waals surface area (Å²) >= 11 is 6.05. The van der Waals surface area contributed by atoms with E-state index in [4.69, 9.17) is 16.3 Å². The van der Waals surface area contributed by atoms with Crippen molar-refractivity contribution in [3.05, 3.63) is 101 Å². The maximum Gasteiger partial charge on any atom is 0.165 e. The van der Waals surface area contributed by atoms with Crippen LogP contribution in [-0.2, 0) is 12.8 Å². The van der Waals surface area contributed by atoms with Gasteiger partial charge in [0.05, 0.1) is 7.11 Å². The summed E-state index contributed by atoms with van der Waals surface area (Å²) in [5.74, 6) is -0.0923. The van der Waals surface area contributed by atoms with Crippen LogP contribution in [0.2, 0.25) is 5.02 Å². The van der Waals surface area contributed by atoms with E-state index in [1.165, 1.54) is 18.2 Å². The molecule has 0 radical (unpaired) electrons. The third kappa shape index (κ3) is 5.80. The zero-order valence-corrected chi connectivity index (χ0v) is 19.5. The third-order valence-electron chi connectivity index (χ3n) is 5.45. The van der Waals surface area contributed by atoms with Crippen molar-refractivity contribution >= 4 is 34.8 Å². The van der Waals surface area contributed by atoms with Crippen molar-refractivity contribution < 1.29 is 9.13 Å². The molecule has 2 nitrogen and oxygen atoms in total. The van der Waals surface area contributed by atoms with Crippen molar-refractivity contribution in [2.45, 2.75) is 12.8 Å². The lowest BCUT2D eigenvalue weighted by atomic mass is 9.94. The molecule has 0 saturated heterocycles. The molecule has 4 aromatic rings. The fraction of sp³-hybridized carbons (Fsp3) is 0.185. The second kappa shape index (κ2) is 11.3. The molecule has 4 aromatic carbocycles. The molecule has 0 atom stereocenters. The fourth-order valence-corrected chi connectivity index (χ4v) is 4.09. The molecular weight excluding hydrogens is 444 g/mol. The fourth-order valence-electron chi connectivity index (χ4n) is 3.87. The van der Waals surface area contributed by atoms with Gasteiger partial charge in [-0.2, -0.15) is 0 Å². The summed E-state index contributed by atoms with van der Waals surface area (Å²) < 4.78 is 19.4. The molecule has 4 rings (SSSR count). The normalized spacial score (nSPS) is 10.7. The van der Waals surface area contributed by atoms with Gasteiger partial charge in [0.1, 0.15) is 0 Å². The molecule has 0 amide bonds. The quantitative estimate of drug-likeness (QED) is 0.277. The van der Waals surface area contributed by atoms with E-state index in [1.807, 2.05) is 36.4 Å². The number of halogens is 3. The Labute approximate surface area is 199 Å². The van der Waals surface area contributed by atoms with Gasteiger partial charge in [0, 0.05) is 5.02 Å². The predicted octanol–water partition coefficient (Wildman–Crippen LogP) is 7.10. The van der Waals surface area contributed by atoms with E-state index in [1.54, 1.807) is 12.1 Å². The number of benzene rings is 4. The number of hydrogen-bond donors (Lipinski definition) is 1. The molecule has 5 heteroatoms. The summed E-state index contributed by atoms with van der Waals surface area (Å²) in [6.45, 7) is 1.76. The highest BCUT2D eigenvalue weighted by Crippen LogP contribution is 2.32. The highest BCUT2D eigenvalue weighted by Gasteiger charge is 2.10. The van der Waals surface area contributed by atoms with Gasteiger partial charge < -0.3 is 10.1 Å². The van der Waals surface area contributed by atoms with Crippen LogP contribution >= 0.6 is 24.0 Å². The van der Waals surface area contributed by atoms with Crippen LogP contribution in [0.25, 0.3) is 21.9 Å². The summed E-state index contributed by atoms with van der Waals surface area (Å²) in [5, 5.41) is 6.56. The standard InChI is InChI=1S/C27H25ClFNO.ClH/c1-31-27-10-9-22(18-26(27)29)25-17-20(15-21-6-2-3-8-24(21)25)12-14-30-13-11-19-5-4-7-23(28)16-19;/h2-10,15-18,30H,11-14H2,1H3;1H. The zero-order valence-electron chi connectivity index (χ0n) is 17.9. The first kappa shape index (κ1) is 24.1. The van der Waals surface area contributed by atoms with E-state index in [0.29, 0.717) is 0 Å². The highest BCUT2D eigenvalue weighted by molar-refractivity contribution is 6.30. The number of ether oxygens (including phenoxy) is 1. The van der Waals surface area contributed by atoms with Crippen LogP contribution < -0.4 is 10.1 Å². The number of hydrogen-bond acceptors (Lipinski definition) is 2. The second-order valence-electron chi connectivity index (χ2n) is 7.59. The van der Waals surface area contributed by atoms with Gasteiger partial charge in [-0.25, -0.2) is 4.39 Å². The van der Waals surface area contributed by atoms with Crippen molar-refractivity contribution in [3.63, 3.8) is 0 Å². The smallest absolute Gasteiger partial charge is 0.165 e. The second-order valence-corrected chi connectivity index (χ2v) is 8.03. The Balaban J connectivity index is 0.00000289. The molecule has 0 saturated carbocycles. The number of methoxy groups -OCH3 is 1. The topological polar surface area (TPSA) is 21.3 Å². The first-order valence-corrected chi connectivity index (χ1v) is 10.8. The van der Waals surface area contributed by atoms with E-state index in [0.717, 1.165) is 52.9 Å². The van der Waals surface area contributed by atoms with E-state index < -0.39 is 0 Å². The number of rotatable bonds is 8. The van der Waals surface area contributed by atoms with Crippen molar-refractivity contribution in [2.75, 3.05) is 20.2 Å². The summed E-state index contributed by atoms with van der Waals surface area (Å²) in [5.41, 5.74) is 4.34. The van der Waals surface area contributed by atoms with Crippen LogP contribution in [-0.4, -0.2) is 20.2 Å². The summed E-state index contributed by atoms with van der Waals surface area (Å²) in [6, 6.07) is 25.8. The Morgan fingerprint density at radius 2 is 1.62 bits per heavy atom. The maximum absolute atomic E-state index is 14.3. The van der Waals surface area contributed by atoms with Crippen molar-refractivity contribution in [3.8, 4) is 16.9 Å². The minimum absolute atomic E-state index is 0. The third-order valence-corrected chi connectivity index (χ3v) is 5.69. The first-order chi connectivity index (χ1) is 15.1. The average molecular weight is 470 g/mol. The van der Waals surface area contributed by atoms with Crippen LogP contribution in [0.4, 0.5) is 4.39 Å². The minimum atomic E-state index is -0.350. The zero-order chi connectivity index (χ0) is 21.6. The lowest BCUT2D eigenvalue weighted by Gasteiger charge is -2.12. The average Bonchev–Trinajstić information content (AvgIpc) is 2.78. The Morgan fingerprint density at radius 1 is 0.844 bits per heavy atom. The molecule has 0 unspecified atom stereocenters. The van der Waals surface area contributed by atoms with E-state index in [9.17, 15) is 4.39 Å². The van der Waals surface area contributed by atoms with Gasteiger partial charge in [-0.15, -0.1) is 12.4 Å². The van der Waals surface area contributed by atoms with Crippen molar-refractivity contribution in [1.29, 1.82) is 0 Å². The number of fused-ring (bicyclic) bond motifs is 1. The SMILES string of the molecule is COc1ccc(-c2cc(CCNCCc3cccc(Cl)c3)cc3ccccc23)cc1F.Cl. The first-order valence-electron chi connectivity index (χ1n) is 10.4. The molecule has 0 bridgehead atoms. The van der Waals surface area contributed by atoms with Crippen molar-refractivity contribution in [1.82, 2.24) is 5.32 Å². The van der Waals surface area contributed by atoms with Gasteiger partial charge >= 0.3 is 0 Å². The van der Waals surface area contributed by atoms with Crippen LogP contribution in [0, 0.1) is 5.82 Å². The van der Waals surface area contributed by atoms with Gasteiger partial charge in [0.2, 0.25) is 0 Å². The Kier molecular flexibility index (Phi) is 8.52. The Morgan fingerprint density at radius 3 is 2.38 bits per heavy atom. The molecule has 0 aliphatic rings. The molecule has 0 spiro atoms. The number of nitrogens with one attached hydrogen (secondary N) is 1. The van der Waals surface area contributed by atoms with Gasteiger partial charge in [-0.3, -0.25) is 0 Å². The Hall–Kier alpha value is -2.59. The van der Waals surface area contributed by atoms with Crippen LogP contribution in [0.5, 0.6) is 5.75 Å². The van der Waals surface area contributed by atoms with Gasteiger partial charge in [-0.05, 0) is 83.2 Å². The molecule has 0 fully saturated rings. The van der Waals surface area contributed by atoms with E-state index in [2.05, 4.69) is 35.6 Å². The summed E-state index contributed by atoms with van der Waals surface area (Å²) in [7, 11) is 1.48. The van der Waals surface area contributed by atoms with Crippen LogP contribution in [0.3, 0.4) is 0 Å². The predicted molar refractivity (Wildman–Crippen MR) is 135 cm³/mol. The molecule has 1 N–H and O–H groups in total. The molecule has 0 aliphatic carbocycles.